The molecule has 1 fully saturated rings. The van der Waals surface area contributed by atoms with Crippen LogP contribution < -0.4 is 5.73 Å². The average Bonchev–Trinajstić information content (AvgIpc) is 2.77. The number of nitrogens with zero attached hydrogens (tertiary/aromatic N) is 1. The Morgan fingerprint density at radius 1 is 1.24 bits per heavy atom. The summed E-state index contributed by atoms with van der Waals surface area (Å²) in [7, 11) is 0. The fraction of sp³-hybridized carbons (Fsp3) is 0.786. The lowest BCUT2D eigenvalue weighted by molar-refractivity contribution is 0.247. The molecular weight excluding hydrogens is 228 g/mol. The van der Waals surface area contributed by atoms with E-state index < -0.39 is 0 Å². The summed E-state index contributed by atoms with van der Waals surface area (Å²) in [6.45, 7) is 2.34. The van der Waals surface area contributed by atoms with Gasteiger partial charge in [0.05, 0.1) is 11.2 Å². The normalized spacial score (nSPS) is 33.4. The topological polar surface area (TPSA) is 38.9 Å². The summed E-state index contributed by atoms with van der Waals surface area (Å²) in [6, 6.07) is 0. The van der Waals surface area contributed by atoms with E-state index in [-0.39, 0.29) is 5.54 Å². The second kappa shape index (κ2) is 4.36. The Balaban J connectivity index is 1.85. The minimum absolute atomic E-state index is 0.103. The lowest BCUT2D eigenvalue weighted by Crippen LogP contribution is -2.40. The molecule has 0 aliphatic heterocycles. The minimum Gasteiger partial charge on any atom is -0.319 e. The van der Waals surface area contributed by atoms with Gasteiger partial charge in [-0.1, -0.05) is 6.92 Å². The number of aromatic nitrogens is 1. The van der Waals surface area contributed by atoms with Gasteiger partial charge in [0, 0.05) is 4.88 Å². The largest absolute Gasteiger partial charge is 0.319 e. The zero-order chi connectivity index (χ0) is 11.9. The third-order valence-electron chi connectivity index (χ3n) is 4.44. The molecule has 0 aromatic carbocycles. The molecule has 1 heterocycles. The van der Waals surface area contributed by atoms with Crippen molar-refractivity contribution in [1.29, 1.82) is 0 Å². The molecule has 0 spiro atoms. The zero-order valence-corrected chi connectivity index (χ0v) is 11.5. The van der Waals surface area contributed by atoms with Crippen molar-refractivity contribution in [3.05, 3.63) is 15.6 Å². The van der Waals surface area contributed by atoms with Crippen LogP contribution in [0.1, 0.15) is 61.0 Å². The van der Waals surface area contributed by atoms with Crippen LogP contribution in [0, 0.1) is 5.92 Å². The maximum absolute atomic E-state index is 6.60. The molecule has 2 nitrogen and oxygen atoms in total. The van der Waals surface area contributed by atoms with Gasteiger partial charge in [0.1, 0.15) is 5.01 Å². The van der Waals surface area contributed by atoms with Crippen LogP contribution in [0.4, 0.5) is 0 Å². The van der Waals surface area contributed by atoms with Crippen LogP contribution in [0.2, 0.25) is 0 Å². The third kappa shape index (κ3) is 2.15. The second-order valence-corrected chi connectivity index (χ2v) is 7.02. The van der Waals surface area contributed by atoms with Crippen molar-refractivity contribution in [3.8, 4) is 0 Å². The number of hydrogen-bond acceptors (Lipinski definition) is 3. The Morgan fingerprint density at radius 2 is 1.94 bits per heavy atom. The predicted molar refractivity (Wildman–Crippen MR) is 72.3 cm³/mol. The van der Waals surface area contributed by atoms with Gasteiger partial charge in [-0.15, -0.1) is 11.3 Å². The quantitative estimate of drug-likeness (QED) is 0.830. The Kier molecular flexibility index (Phi) is 2.99. The molecule has 1 aromatic rings. The number of thiazole rings is 1. The molecule has 94 valence electrons. The SMILES string of the molecule is CC1CCC(N)(c2nc3c(s2)CCCC3)CC1. The Morgan fingerprint density at radius 3 is 2.65 bits per heavy atom. The number of nitrogens with two attached hydrogens (primary N) is 1. The summed E-state index contributed by atoms with van der Waals surface area (Å²) >= 11 is 1.91. The smallest absolute Gasteiger partial charge is 0.113 e. The summed E-state index contributed by atoms with van der Waals surface area (Å²) < 4.78 is 0. The van der Waals surface area contributed by atoms with E-state index >= 15 is 0 Å². The lowest BCUT2D eigenvalue weighted by Gasteiger charge is -2.34. The van der Waals surface area contributed by atoms with Crippen LogP contribution in [0.15, 0.2) is 0 Å². The van der Waals surface area contributed by atoms with E-state index in [2.05, 4.69) is 6.92 Å². The molecule has 2 aliphatic carbocycles. The molecule has 3 rings (SSSR count). The van der Waals surface area contributed by atoms with Crippen molar-refractivity contribution in [3.63, 3.8) is 0 Å². The third-order valence-corrected chi connectivity index (χ3v) is 5.82. The van der Waals surface area contributed by atoms with E-state index in [1.807, 2.05) is 11.3 Å². The molecule has 0 amide bonds. The monoisotopic (exact) mass is 250 g/mol. The lowest BCUT2D eigenvalue weighted by atomic mass is 9.78. The molecule has 17 heavy (non-hydrogen) atoms. The standard InChI is InChI=1S/C14H22N2S/c1-10-6-8-14(15,9-7-10)13-16-11-4-2-3-5-12(11)17-13/h10H,2-9,15H2,1H3. The van der Waals surface area contributed by atoms with Crippen LogP contribution in [0.3, 0.4) is 0 Å². The molecule has 2 aliphatic rings. The van der Waals surface area contributed by atoms with E-state index in [9.17, 15) is 0 Å². The molecule has 0 unspecified atom stereocenters. The van der Waals surface area contributed by atoms with Crippen molar-refractivity contribution in [2.45, 2.75) is 63.8 Å². The van der Waals surface area contributed by atoms with Crippen molar-refractivity contribution in [2.24, 2.45) is 11.7 Å². The van der Waals surface area contributed by atoms with Crippen molar-refractivity contribution >= 4 is 11.3 Å². The molecule has 3 heteroatoms. The molecule has 0 atom stereocenters. The number of fused-ring (bicyclic) bond motifs is 1. The highest BCUT2D eigenvalue weighted by Crippen LogP contribution is 2.40. The first kappa shape index (κ1) is 11.7. The van der Waals surface area contributed by atoms with E-state index in [0.29, 0.717) is 0 Å². The summed E-state index contributed by atoms with van der Waals surface area (Å²) in [4.78, 5) is 6.39. The fourth-order valence-electron chi connectivity index (χ4n) is 3.06. The maximum Gasteiger partial charge on any atom is 0.113 e. The van der Waals surface area contributed by atoms with Crippen molar-refractivity contribution in [2.75, 3.05) is 0 Å². The van der Waals surface area contributed by atoms with Gasteiger partial charge < -0.3 is 5.73 Å². The maximum atomic E-state index is 6.60. The summed E-state index contributed by atoms with van der Waals surface area (Å²) in [5, 5.41) is 1.23. The van der Waals surface area contributed by atoms with Crippen LogP contribution in [0.25, 0.3) is 0 Å². The minimum atomic E-state index is -0.103. The summed E-state index contributed by atoms with van der Waals surface area (Å²) in [5.41, 5.74) is 7.86. The van der Waals surface area contributed by atoms with Crippen molar-refractivity contribution < 1.29 is 0 Å². The zero-order valence-electron chi connectivity index (χ0n) is 10.7. The van der Waals surface area contributed by atoms with E-state index in [1.165, 1.54) is 54.1 Å². The van der Waals surface area contributed by atoms with Gasteiger partial charge in [-0.3, -0.25) is 0 Å². The van der Waals surface area contributed by atoms with Gasteiger partial charge in [0.25, 0.3) is 0 Å². The van der Waals surface area contributed by atoms with Gasteiger partial charge in [0.15, 0.2) is 0 Å². The van der Waals surface area contributed by atoms with E-state index in [4.69, 9.17) is 10.7 Å². The van der Waals surface area contributed by atoms with Gasteiger partial charge in [-0.25, -0.2) is 4.98 Å². The summed E-state index contributed by atoms with van der Waals surface area (Å²) in [6.07, 6.45) is 9.84. The second-order valence-electron chi connectivity index (χ2n) is 5.93. The first-order valence-corrected chi connectivity index (χ1v) is 7.77. The van der Waals surface area contributed by atoms with Crippen molar-refractivity contribution in [1.82, 2.24) is 4.98 Å². The van der Waals surface area contributed by atoms with E-state index in [0.717, 1.165) is 18.8 Å². The molecule has 0 saturated heterocycles. The molecule has 0 bridgehead atoms. The van der Waals surface area contributed by atoms with Gasteiger partial charge in [0.2, 0.25) is 0 Å². The Bertz CT molecular complexity index is 379. The van der Waals surface area contributed by atoms with Crippen LogP contribution in [-0.4, -0.2) is 4.98 Å². The average molecular weight is 250 g/mol. The van der Waals surface area contributed by atoms with Gasteiger partial charge >= 0.3 is 0 Å². The highest BCUT2D eigenvalue weighted by atomic mass is 32.1. The molecule has 1 aromatic heterocycles. The predicted octanol–water partition coefficient (Wildman–Crippen LogP) is 3.39. The highest BCUT2D eigenvalue weighted by Gasteiger charge is 2.35. The van der Waals surface area contributed by atoms with Crippen LogP contribution in [0.5, 0.6) is 0 Å². The van der Waals surface area contributed by atoms with E-state index in [1.54, 1.807) is 0 Å². The van der Waals surface area contributed by atoms with Crippen LogP contribution in [-0.2, 0) is 18.4 Å². The number of aryl methyl sites for hydroxylation is 2. The molecule has 1 saturated carbocycles. The molecule has 0 radical (unpaired) electrons. The van der Waals surface area contributed by atoms with Gasteiger partial charge in [-0.2, -0.15) is 0 Å². The van der Waals surface area contributed by atoms with Gasteiger partial charge in [-0.05, 0) is 57.3 Å². The Hall–Kier alpha value is -0.410. The fourth-order valence-corrected chi connectivity index (χ4v) is 4.36. The number of hydrogen-bond donors (Lipinski definition) is 1. The summed E-state index contributed by atoms with van der Waals surface area (Å²) in [5.74, 6) is 0.848. The first-order valence-electron chi connectivity index (χ1n) is 6.95. The Labute approximate surface area is 108 Å². The molecule has 2 N–H and O–H groups in total. The molecular formula is C14H22N2S. The number of rotatable bonds is 1. The van der Waals surface area contributed by atoms with Crippen LogP contribution >= 0.6 is 11.3 Å². The first-order chi connectivity index (χ1) is 8.17. The highest BCUT2D eigenvalue weighted by molar-refractivity contribution is 7.11.